The van der Waals surface area contributed by atoms with Gasteiger partial charge in [-0.1, -0.05) is 6.07 Å². The summed E-state index contributed by atoms with van der Waals surface area (Å²) >= 11 is 0. The molecule has 5 nitrogen and oxygen atoms in total. The lowest BCUT2D eigenvalue weighted by Crippen LogP contribution is -2.12. The average molecular weight is 303 g/mol. The van der Waals surface area contributed by atoms with Gasteiger partial charge >= 0.3 is 0 Å². The Morgan fingerprint density at radius 3 is 2.76 bits per heavy atom. The largest absolute Gasteiger partial charge is 0.353 e. The van der Waals surface area contributed by atoms with Crippen molar-refractivity contribution in [2.24, 2.45) is 5.73 Å². The highest BCUT2D eigenvalue weighted by Gasteiger charge is 2.15. The maximum Gasteiger partial charge on any atom is 0.180 e. The monoisotopic (exact) mass is 303 g/mol. The quantitative estimate of drug-likeness (QED) is 0.913. The molecule has 0 aliphatic rings. The first-order valence-electron chi connectivity index (χ1n) is 6.56. The van der Waals surface area contributed by atoms with Gasteiger partial charge in [-0.05, 0) is 36.8 Å². The fraction of sp³-hybridized carbons (Fsp3) is 0.267. The van der Waals surface area contributed by atoms with E-state index in [0.717, 1.165) is 5.56 Å². The summed E-state index contributed by atoms with van der Waals surface area (Å²) in [4.78, 5) is 0.182. The van der Waals surface area contributed by atoms with Gasteiger partial charge in [0, 0.05) is 25.0 Å². The molecule has 0 radical (unpaired) electrons. The van der Waals surface area contributed by atoms with Crippen LogP contribution >= 0.6 is 0 Å². The number of hydrogen-bond donors (Lipinski definition) is 1. The fourth-order valence-electron chi connectivity index (χ4n) is 1.97. The van der Waals surface area contributed by atoms with Crippen LogP contribution in [0.15, 0.2) is 47.6 Å². The SMILES string of the molecule is CC(N)c1ccn(CCS(=O)(=O)c2cccc(C#N)c2)c1. The van der Waals surface area contributed by atoms with Crippen LogP contribution in [0.25, 0.3) is 0 Å². The lowest BCUT2D eigenvalue weighted by atomic mass is 10.2. The molecule has 21 heavy (non-hydrogen) atoms. The topological polar surface area (TPSA) is 88.9 Å². The van der Waals surface area contributed by atoms with Gasteiger partial charge in [0.05, 0.1) is 22.3 Å². The Hall–Kier alpha value is -2.10. The first-order valence-corrected chi connectivity index (χ1v) is 8.22. The normalized spacial score (nSPS) is 12.8. The van der Waals surface area contributed by atoms with E-state index in [4.69, 9.17) is 11.0 Å². The second-order valence-corrected chi connectivity index (χ2v) is 7.04. The van der Waals surface area contributed by atoms with Crippen molar-refractivity contribution in [2.75, 3.05) is 5.75 Å². The molecule has 1 unspecified atom stereocenters. The number of aromatic nitrogens is 1. The van der Waals surface area contributed by atoms with Gasteiger partial charge in [0.15, 0.2) is 9.84 Å². The molecule has 1 aromatic carbocycles. The fourth-order valence-corrected chi connectivity index (χ4v) is 3.25. The minimum absolute atomic E-state index is 0.0189. The van der Waals surface area contributed by atoms with Gasteiger partial charge in [0.1, 0.15) is 0 Å². The third-order valence-corrected chi connectivity index (χ3v) is 4.93. The van der Waals surface area contributed by atoms with Gasteiger partial charge in [0.25, 0.3) is 0 Å². The highest BCUT2D eigenvalue weighted by molar-refractivity contribution is 7.91. The van der Waals surface area contributed by atoms with Gasteiger partial charge in [-0.25, -0.2) is 8.42 Å². The van der Waals surface area contributed by atoms with E-state index in [-0.39, 0.29) is 16.7 Å². The number of benzene rings is 1. The van der Waals surface area contributed by atoms with E-state index in [0.29, 0.717) is 12.1 Å². The zero-order valence-corrected chi connectivity index (χ0v) is 12.5. The molecule has 0 aliphatic heterocycles. The molecule has 0 aliphatic carbocycles. The van der Waals surface area contributed by atoms with E-state index in [1.165, 1.54) is 12.1 Å². The Bertz CT molecular complexity index is 770. The van der Waals surface area contributed by atoms with E-state index in [1.54, 1.807) is 12.1 Å². The van der Waals surface area contributed by atoms with E-state index >= 15 is 0 Å². The van der Waals surface area contributed by atoms with Gasteiger partial charge in [-0.15, -0.1) is 0 Å². The Balaban J connectivity index is 2.12. The van der Waals surface area contributed by atoms with Crippen LogP contribution in [0.1, 0.15) is 24.1 Å². The molecular weight excluding hydrogens is 286 g/mol. The molecule has 110 valence electrons. The Kier molecular flexibility index (Phi) is 4.46. The van der Waals surface area contributed by atoms with Crippen LogP contribution in [0, 0.1) is 11.3 Å². The summed E-state index contributed by atoms with van der Waals surface area (Å²) in [5.41, 5.74) is 7.08. The van der Waals surface area contributed by atoms with E-state index in [2.05, 4.69) is 0 Å². The number of nitrogens with two attached hydrogens (primary N) is 1. The summed E-state index contributed by atoms with van der Waals surface area (Å²) in [6.45, 7) is 2.23. The molecule has 6 heteroatoms. The molecule has 1 aromatic heterocycles. The third-order valence-electron chi connectivity index (χ3n) is 3.24. The predicted molar refractivity (Wildman–Crippen MR) is 80.2 cm³/mol. The smallest absolute Gasteiger partial charge is 0.180 e. The van der Waals surface area contributed by atoms with Crippen LogP contribution in [0.3, 0.4) is 0 Å². The minimum atomic E-state index is -3.41. The molecule has 2 aromatic rings. The summed E-state index contributed by atoms with van der Waals surface area (Å²) in [7, 11) is -3.41. The van der Waals surface area contributed by atoms with Crippen molar-refractivity contribution in [3.8, 4) is 6.07 Å². The second-order valence-electron chi connectivity index (χ2n) is 4.93. The summed E-state index contributed by atoms with van der Waals surface area (Å²) in [6.07, 6.45) is 3.67. The third kappa shape index (κ3) is 3.72. The second kappa shape index (κ2) is 6.12. The van der Waals surface area contributed by atoms with Gasteiger partial charge < -0.3 is 10.3 Å². The van der Waals surface area contributed by atoms with Crippen LogP contribution in [-0.2, 0) is 16.4 Å². The molecular formula is C15H17N3O2S. The maximum absolute atomic E-state index is 12.3. The van der Waals surface area contributed by atoms with Crippen molar-refractivity contribution in [1.82, 2.24) is 4.57 Å². The first-order chi connectivity index (χ1) is 9.92. The lowest BCUT2D eigenvalue weighted by molar-refractivity contribution is 0.589. The molecule has 0 bridgehead atoms. The first kappa shape index (κ1) is 15.3. The highest BCUT2D eigenvalue weighted by atomic mass is 32.2. The minimum Gasteiger partial charge on any atom is -0.353 e. The zero-order valence-electron chi connectivity index (χ0n) is 11.7. The van der Waals surface area contributed by atoms with Crippen molar-refractivity contribution in [3.05, 3.63) is 53.9 Å². The van der Waals surface area contributed by atoms with Crippen LogP contribution in [0.2, 0.25) is 0 Å². The van der Waals surface area contributed by atoms with Crippen molar-refractivity contribution >= 4 is 9.84 Å². The van der Waals surface area contributed by atoms with Crippen LogP contribution < -0.4 is 5.73 Å². The molecule has 0 saturated carbocycles. The summed E-state index contributed by atoms with van der Waals surface area (Å²) in [5.74, 6) is -0.0189. The van der Waals surface area contributed by atoms with Crippen LogP contribution in [0.4, 0.5) is 0 Å². The van der Waals surface area contributed by atoms with E-state index in [1.807, 2.05) is 36.0 Å². The van der Waals surface area contributed by atoms with Crippen molar-refractivity contribution in [1.29, 1.82) is 5.26 Å². The molecule has 2 N–H and O–H groups in total. The van der Waals surface area contributed by atoms with Crippen LogP contribution in [-0.4, -0.2) is 18.7 Å². The number of rotatable bonds is 5. The van der Waals surface area contributed by atoms with Gasteiger partial charge in [0.2, 0.25) is 0 Å². The van der Waals surface area contributed by atoms with Crippen molar-refractivity contribution in [3.63, 3.8) is 0 Å². The molecule has 0 spiro atoms. The molecule has 0 saturated heterocycles. The predicted octanol–water partition coefficient (Wildman–Crippen LogP) is 1.85. The van der Waals surface area contributed by atoms with Crippen molar-refractivity contribution < 1.29 is 8.42 Å². The molecule has 0 fully saturated rings. The van der Waals surface area contributed by atoms with Gasteiger partial charge in [-0.2, -0.15) is 5.26 Å². The highest BCUT2D eigenvalue weighted by Crippen LogP contribution is 2.14. The summed E-state index contributed by atoms with van der Waals surface area (Å²) in [6, 6.07) is 9.83. The summed E-state index contributed by atoms with van der Waals surface area (Å²) < 4.78 is 26.3. The van der Waals surface area contributed by atoms with Gasteiger partial charge in [-0.3, -0.25) is 0 Å². The van der Waals surface area contributed by atoms with E-state index in [9.17, 15) is 8.42 Å². The number of sulfone groups is 1. The van der Waals surface area contributed by atoms with E-state index < -0.39 is 9.84 Å². The Labute approximate surface area is 124 Å². The maximum atomic E-state index is 12.3. The molecule has 1 heterocycles. The summed E-state index contributed by atoms with van der Waals surface area (Å²) in [5, 5.41) is 8.83. The standard InChI is InChI=1S/C15H17N3O2S/c1-12(17)14-5-6-18(11-14)7-8-21(19,20)15-4-2-3-13(9-15)10-16/h2-6,9,11-12H,7-8,17H2,1H3. The number of hydrogen-bond acceptors (Lipinski definition) is 4. The average Bonchev–Trinajstić information content (AvgIpc) is 2.94. The molecule has 0 amide bonds. The Morgan fingerprint density at radius 2 is 2.14 bits per heavy atom. The lowest BCUT2D eigenvalue weighted by Gasteiger charge is -2.06. The van der Waals surface area contributed by atoms with Crippen molar-refractivity contribution in [2.45, 2.75) is 24.4 Å². The molecule has 2 rings (SSSR count). The number of aryl methyl sites for hydroxylation is 1. The zero-order chi connectivity index (χ0) is 15.5. The number of nitriles is 1. The molecule has 1 atom stereocenters. The Morgan fingerprint density at radius 1 is 1.38 bits per heavy atom. The number of nitrogens with zero attached hydrogens (tertiary/aromatic N) is 2. The van der Waals surface area contributed by atoms with Crippen LogP contribution in [0.5, 0.6) is 0 Å².